The lowest BCUT2D eigenvalue weighted by Gasteiger charge is -2.21. The first-order valence-corrected chi connectivity index (χ1v) is 11.3. The van der Waals surface area contributed by atoms with Gasteiger partial charge in [0, 0.05) is 16.8 Å². The molecular formula is C13H19BrN2O6S2. The normalized spacial score (nSPS) is 12.0. The molecule has 0 fully saturated rings. The maximum atomic E-state index is 11.8. The number of benzene rings is 1. The van der Waals surface area contributed by atoms with E-state index in [2.05, 4.69) is 21.2 Å². The number of amides is 1. The molecule has 11 heteroatoms. The highest BCUT2D eigenvalue weighted by Crippen LogP contribution is 2.32. The van der Waals surface area contributed by atoms with Gasteiger partial charge in [-0.1, -0.05) is 0 Å². The van der Waals surface area contributed by atoms with Crippen LogP contribution in [-0.4, -0.2) is 48.5 Å². The van der Waals surface area contributed by atoms with Crippen LogP contribution in [0.3, 0.4) is 0 Å². The quantitative estimate of drug-likeness (QED) is 0.611. The minimum atomic E-state index is -4.04. The van der Waals surface area contributed by atoms with E-state index in [4.69, 9.17) is 4.74 Å². The number of carbonyl (C=O) groups is 1. The first-order chi connectivity index (χ1) is 11.0. The Morgan fingerprint density at radius 2 is 1.79 bits per heavy atom. The Bertz CT molecular complexity index is 776. The second kappa shape index (κ2) is 8.28. The van der Waals surface area contributed by atoms with Gasteiger partial charge in [0.2, 0.25) is 26.0 Å². The maximum Gasteiger partial charge on any atom is 0.245 e. The van der Waals surface area contributed by atoms with E-state index in [1.807, 2.05) is 6.92 Å². The Morgan fingerprint density at radius 1 is 1.21 bits per heavy atom. The number of anilines is 2. The van der Waals surface area contributed by atoms with Crippen LogP contribution in [0.4, 0.5) is 11.4 Å². The lowest BCUT2D eigenvalue weighted by Crippen LogP contribution is -2.35. The monoisotopic (exact) mass is 442 g/mol. The van der Waals surface area contributed by atoms with Gasteiger partial charge >= 0.3 is 0 Å². The molecule has 0 unspecified atom stereocenters. The highest BCUT2D eigenvalue weighted by atomic mass is 79.9. The molecule has 0 heterocycles. The zero-order valence-corrected chi connectivity index (χ0v) is 16.7. The summed E-state index contributed by atoms with van der Waals surface area (Å²) in [6.45, 7) is 2.63. The molecule has 8 nitrogen and oxygen atoms in total. The third kappa shape index (κ3) is 6.04. The fraction of sp³-hybridized carbons (Fsp3) is 0.462. The van der Waals surface area contributed by atoms with E-state index in [1.165, 1.54) is 18.2 Å². The molecule has 0 aliphatic carbocycles. The zero-order chi connectivity index (χ0) is 18.5. The van der Waals surface area contributed by atoms with Crippen molar-refractivity contribution in [3.05, 3.63) is 22.7 Å². The van der Waals surface area contributed by atoms with Crippen molar-refractivity contribution in [1.82, 2.24) is 0 Å². The van der Waals surface area contributed by atoms with Gasteiger partial charge < -0.3 is 10.1 Å². The maximum absolute atomic E-state index is 11.8. The van der Waals surface area contributed by atoms with E-state index in [0.29, 0.717) is 16.0 Å². The minimum Gasteiger partial charge on any atom is -0.381 e. The molecule has 0 atom stereocenters. The number of halogens is 1. The van der Waals surface area contributed by atoms with E-state index < -0.39 is 20.0 Å². The van der Waals surface area contributed by atoms with Gasteiger partial charge in [-0.15, -0.1) is 0 Å². The number of nitrogens with zero attached hydrogens (tertiary/aromatic N) is 1. The van der Waals surface area contributed by atoms with Crippen molar-refractivity contribution in [2.45, 2.75) is 13.3 Å². The van der Waals surface area contributed by atoms with Crippen molar-refractivity contribution in [2.24, 2.45) is 0 Å². The van der Waals surface area contributed by atoms with Gasteiger partial charge in [-0.05, 0) is 41.1 Å². The predicted octanol–water partition coefficient (Wildman–Crippen LogP) is 1.54. The van der Waals surface area contributed by atoms with Crippen molar-refractivity contribution < 1.29 is 26.4 Å². The highest BCUT2D eigenvalue weighted by Gasteiger charge is 2.29. The molecule has 0 aliphatic rings. The highest BCUT2D eigenvalue weighted by molar-refractivity contribution is 9.10. The Hall–Kier alpha value is -1.17. The number of ether oxygens (including phenoxy) is 1. The summed E-state index contributed by atoms with van der Waals surface area (Å²) < 4.78 is 52.7. The lowest BCUT2D eigenvalue weighted by atomic mass is 10.3. The molecule has 0 aromatic heterocycles. The van der Waals surface area contributed by atoms with Crippen molar-refractivity contribution in [3.63, 3.8) is 0 Å². The summed E-state index contributed by atoms with van der Waals surface area (Å²) in [5.74, 6) is -0.272. The fourth-order valence-electron chi connectivity index (χ4n) is 1.87. The third-order valence-corrected chi connectivity index (χ3v) is 6.57. The standard InChI is InChI=1S/C13H19BrN2O6S2/c1-4-22-8-7-13(17)15-10-5-6-12(11(14)9-10)16(23(2,18)19)24(3,20)21/h5-6,9H,4,7-8H2,1-3H3,(H,15,17). The van der Waals surface area contributed by atoms with Crippen LogP contribution < -0.4 is 9.03 Å². The lowest BCUT2D eigenvalue weighted by molar-refractivity contribution is -0.117. The molecule has 136 valence electrons. The van der Waals surface area contributed by atoms with Crippen LogP contribution in [0.1, 0.15) is 13.3 Å². The van der Waals surface area contributed by atoms with E-state index in [1.54, 1.807) is 0 Å². The van der Waals surface area contributed by atoms with Crippen LogP contribution in [-0.2, 0) is 29.6 Å². The summed E-state index contributed by atoms with van der Waals surface area (Å²) in [6, 6.07) is 4.14. The van der Waals surface area contributed by atoms with Crippen molar-refractivity contribution in [2.75, 3.05) is 34.8 Å². The summed E-state index contributed by atoms with van der Waals surface area (Å²) in [6.07, 6.45) is 1.76. The van der Waals surface area contributed by atoms with Crippen LogP contribution in [0, 0.1) is 0 Å². The largest absolute Gasteiger partial charge is 0.381 e. The Kier molecular flexibility index (Phi) is 7.20. The van der Waals surface area contributed by atoms with Crippen LogP contribution in [0.2, 0.25) is 0 Å². The molecule has 1 aromatic carbocycles. The van der Waals surface area contributed by atoms with Gasteiger partial charge in [-0.25, -0.2) is 16.8 Å². The van der Waals surface area contributed by atoms with Gasteiger partial charge in [-0.3, -0.25) is 4.79 Å². The summed E-state index contributed by atoms with van der Waals surface area (Å²) >= 11 is 3.14. The topological polar surface area (TPSA) is 110 Å². The third-order valence-electron chi connectivity index (χ3n) is 2.71. The van der Waals surface area contributed by atoms with Crippen LogP contribution in [0.5, 0.6) is 0 Å². The van der Waals surface area contributed by atoms with Gasteiger partial charge in [0.15, 0.2) is 0 Å². The van der Waals surface area contributed by atoms with Crippen molar-refractivity contribution in [3.8, 4) is 0 Å². The van der Waals surface area contributed by atoms with Crippen LogP contribution >= 0.6 is 15.9 Å². The van der Waals surface area contributed by atoms with Crippen molar-refractivity contribution >= 4 is 53.3 Å². The average Bonchev–Trinajstić information content (AvgIpc) is 2.39. The summed E-state index contributed by atoms with van der Waals surface area (Å²) in [4.78, 5) is 11.7. The van der Waals surface area contributed by atoms with Crippen LogP contribution in [0.25, 0.3) is 0 Å². The second-order valence-corrected chi connectivity index (χ2v) is 9.63. The van der Waals surface area contributed by atoms with E-state index in [-0.39, 0.29) is 29.1 Å². The predicted molar refractivity (Wildman–Crippen MR) is 96.0 cm³/mol. The molecule has 0 radical (unpaired) electrons. The molecular weight excluding hydrogens is 424 g/mol. The fourth-order valence-corrected chi connectivity index (χ4v) is 5.66. The van der Waals surface area contributed by atoms with E-state index in [0.717, 1.165) is 12.5 Å². The summed E-state index contributed by atoms with van der Waals surface area (Å²) in [5.41, 5.74) is 0.335. The molecule has 1 rings (SSSR count). The average molecular weight is 443 g/mol. The van der Waals surface area contributed by atoms with Gasteiger partial charge in [0.1, 0.15) is 0 Å². The molecule has 0 aliphatic heterocycles. The van der Waals surface area contributed by atoms with Crippen LogP contribution in [0.15, 0.2) is 22.7 Å². The second-order valence-electron chi connectivity index (χ2n) is 4.88. The first kappa shape index (κ1) is 20.9. The molecule has 1 aromatic rings. The van der Waals surface area contributed by atoms with Gasteiger partial charge in [0.25, 0.3) is 0 Å². The van der Waals surface area contributed by atoms with Gasteiger partial charge in [-0.2, -0.15) is 3.71 Å². The molecule has 0 saturated heterocycles. The zero-order valence-electron chi connectivity index (χ0n) is 13.4. The summed E-state index contributed by atoms with van der Waals surface area (Å²) in [5, 5.41) is 2.62. The Morgan fingerprint density at radius 3 is 2.25 bits per heavy atom. The Balaban J connectivity index is 3.05. The summed E-state index contributed by atoms with van der Waals surface area (Å²) in [7, 11) is -8.08. The minimum absolute atomic E-state index is 0.0627. The molecule has 0 bridgehead atoms. The SMILES string of the molecule is CCOCCC(=O)Nc1ccc(N(S(C)(=O)=O)S(C)(=O)=O)c(Br)c1. The molecule has 24 heavy (non-hydrogen) atoms. The first-order valence-electron chi connectivity index (χ1n) is 6.84. The van der Waals surface area contributed by atoms with Gasteiger partial charge in [0.05, 0.1) is 31.2 Å². The number of sulfonamides is 2. The number of rotatable bonds is 8. The van der Waals surface area contributed by atoms with E-state index >= 15 is 0 Å². The number of hydrogen-bond acceptors (Lipinski definition) is 6. The number of carbonyl (C=O) groups excluding carboxylic acids is 1. The van der Waals surface area contributed by atoms with Crippen molar-refractivity contribution in [1.29, 1.82) is 0 Å². The molecule has 0 saturated carbocycles. The van der Waals surface area contributed by atoms with E-state index in [9.17, 15) is 21.6 Å². The molecule has 1 N–H and O–H groups in total. The number of hydrogen-bond donors (Lipinski definition) is 1. The molecule has 0 spiro atoms. The smallest absolute Gasteiger partial charge is 0.245 e. The molecule has 1 amide bonds. The number of nitrogens with one attached hydrogen (secondary N) is 1. The Labute approximate surface area is 150 Å².